The summed E-state index contributed by atoms with van der Waals surface area (Å²) in [5.74, 6) is 1.18. The van der Waals surface area contributed by atoms with Crippen LogP contribution in [0.2, 0.25) is 0 Å². The van der Waals surface area contributed by atoms with Gasteiger partial charge >= 0.3 is 0 Å². The van der Waals surface area contributed by atoms with Gasteiger partial charge in [0.2, 0.25) is 0 Å². The third-order valence-electron chi connectivity index (χ3n) is 2.92. The van der Waals surface area contributed by atoms with Gasteiger partial charge in [0.15, 0.2) is 9.84 Å². The molecule has 0 spiro atoms. The maximum Gasteiger partial charge on any atom is 0.154 e. The van der Waals surface area contributed by atoms with Crippen LogP contribution in [0.1, 0.15) is 17.7 Å². The Bertz CT molecular complexity index is 591. The zero-order valence-corrected chi connectivity index (χ0v) is 12.1. The third-order valence-corrected chi connectivity index (χ3v) is 4.60. The molecule has 1 heterocycles. The SMILES string of the molecule is O=S(=O)(CCCNCc1ccco1)Cc1ccccc1. The van der Waals surface area contributed by atoms with Crippen molar-refractivity contribution in [3.8, 4) is 0 Å². The molecular weight excluding hydrogens is 274 g/mol. The molecule has 2 rings (SSSR count). The highest BCUT2D eigenvalue weighted by Gasteiger charge is 2.11. The van der Waals surface area contributed by atoms with Gasteiger partial charge in [0, 0.05) is 0 Å². The van der Waals surface area contributed by atoms with E-state index in [2.05, 4.69) is 5.32 Å². The van der Waals surface area contributed by atoms with Crippen molar-refractivity contribution in [3.63, 3.8) is 0 Å². The summed E-state index contributed by atoms with van der Waals surface area (Å²) in [6, 6.07) is 13.0. The summed E-state index contributed by atoms with van der Waals surface area (Å²) in [5, 5.41) is 3.17. The fraction of sp³-hybridized carbons (Fsp3) is 0.333. The topological polar surface area (TPSA) is 59.3 Å². The molecule has 0 aliphatic heterocycles. The molecule has 1 aromatic carbocycles. The molecule has 0 aliphatic rings. The van der Waals surface area contributed by atoms with E-state index in [4.69, 9.17) is 4.42 Å². The van der Waals surface area contributed by atoms with Crippen molar-refractivity contribution in [2.45, 2.75) is 18.7 Å². The van der Waals surface area contributed by atoms with Gasteiger partial charge in [-0.3, -0.25) is 0 Å². The van der Waals surface area contributed by atoms with Crippen molar-refractivity contribution < 1.29 is 12.8 Å². The zero-order valence-electron chi connectivity index (χ0n) is 11.3. The van der Waals surface area contributed by atoms with Gasteiger partial charge in [0.05, 0.1) is 24.3 Å². The minimum Gasteiger partial charge on any atom is -0.468 e. The Kier molecular flexibility index (Phi) is 5.38. The average Bonchev–Trinajstić information content (AvgIpc) is 2.92. The summed E-state index contributed by atoms with van der Waals surface area (Å²) in [5.41, 5.74) is 0.844. The van der Waals surface area contributed by atoms with Gasteiger partial charge in [-0.2, -0.15) is 0 Å². The molecule has 2 aromatic rings. The van der Waals surface area contributed by atoms with Gasteiger partial charge in [-0.25, -0.2) is 8.42 Å². The van der Waals surface area contributed by atoms with Gasteiger partial charge in [0.25, 0.3) is 0 Å². The smallest absolute Gasteiger partial charge is 0.154 e. The Labute approximate surface area is 119 Å². The maximum atomic E-state index is 11.9. The van der Waals surface area contributed by atoms with Crippen molar-refractivity contribution in [1.29, 1.82) is 0 Å². The predicted octanol–water partition coefficient (Wildman–Crippen LogP) is 2.37. The van der Waals surface area contributed by atoms with E-state index in [1.54, 1.807) is 6.26 Å². The van der Waals surface area contributed by atoms with Gasteiger partial charge in [0.1, 0.15) is 5.76 Å². The van der Waals surface area contributed by atoms with Crippen LogP contribution in [-0.2, 0) is 22.1 Å². The number of hydrogen-bond acceptors (Lipinski definition) is 4. The predicted molar refractivity (Wildman–Crippen MR) is 79.0 cm³/mol. The highest BCUT2D eigenvalue weighted by atomic mass is 32.2. The Morgan fingerprint density at radius 2 is 1.85 bits per heavy atom. The first-order chi connectivity index (χ1) is 9.66. The van der Waals surface area contributed by atoms with Crippen LogP contribution in [0.15, 0.2) is 53.1 Å². The Balaban J connectivity index is 1.67. The van der Waals surface area contributed by atoms with E-state index < -0.39 is 9.84 Å². The lowest BCUT2D eigenvalue weighted by molar-refractivity contribution is 0.483. The Morgan fingerprint density at radius 3 is 2.55 bits per heavy atom. The van der Waals surface area contributed by atoms with Crippen molar-refractivity contribution in [3.05, 3.63) is 60.1 Å². The van der Waals surface area contributed by atoms with Crippen LogP contribution in [0.25, 0.3) is 0 Å². The highest BCUT2D eigenvalue weighted by molar-refractivity contribution is 7.90. The molecule has 20 heavy (non-hydrogen) atoms. The minimum absolute atomic E-state index is 0.117. The lowest BCUT2D eigenvalue weighted by Crippen LogP contribution is -2.18. The lowest BCUT2D eigenvalue weighted by atomic mass is 10.2. The quantitative estimate of drug-likeness (QED) is 0.759. The molecule has 0 amide bonds. The summed E-state index contributed by atoms with van der Waals surface area (Å²) >= 11 is 0. The second kappa shape index (κ2) is 7.26. The second-order valence-corrected chi connectivity index (χ2v) is 6.87. The summed E-state index contributed by atoms with van der Waals surface area (Å²) in [4.78, 5) is 0. The van der Waals surface area contributed by atoms with E-state index in [1.165, 1.54) is 0 Å². The van der Waals surface area contributed by atoms with E-state index in [0.717, 1.165) is 11.3 Å². The molecule has 1 N–H and O–H groups in total. The van der Waals surface area contributed by atoms with E-state index in [0.29, 0.717) is 19.5 Å². The van der Waals surface area contributed by atoms with E-state index in [9.17, 15) is 8.42 Å². The zero-order chi connectivity index (χ0) is 14.3. The second-order valence-electron chi connectivity index (χ2n) is 4.69. The first-order valence-corrected chi connectivity index (χ1v) is 8.45. The monoisotopic (exact) mass is 293 g/mol. The minimum atomic E-state index is -3.03. The van der Waals surface area contributed by atoms with Gasteiger partial charge in [-0.1, -0.05) is 30.3 Å². The van der Waals surface area contributed by atoms with Gasteiger partial charge < -0.3 is 9.73 Å². The number of rotatable bonds is 8. The molecule has 5 heteroatoms. The third kappa shape index (κ3) is 5.19. The molecule has 0 saturated heterocycles. The summed E-state index contributed by atoms with van der Waals surface area (Å²) in [6.45, 7) is 1.29. The van der Waals surface area contributed by atoms with Crippen molar-refractivity contribution >= 4 is 9.84 Å². The molecule has 0 atom stereocenters. The molecule has 0 radical (unpaired) electrons. The largest absolute Gasteiger partial charge is 0.468 e. The molecule has 4 nitrogen and oxygen atoms in total. The van der Waals surface area contributed by atoms with Crippen LogP contribution in [-0.4, -0.2) is 20.7 Å². The molecule has 0 aliphatic carbocycles. The van der Waals surface area contributed by atoms with Crippen LogP contribution in [0.3, 0.4) is 0 Å². The van der Waals surface area contributed by atoms with Crippen molar-refractivity contribution in [2.24, 2.45) is 0 Å². The number of furan rings is 1. The Hall–Kier alpha value is -1.59. The van der Waals surface area contributed by atoms with Crippen LogP contribution in [0.5, 0.6) is 0 Å². The molecule has 0 saturated carbocycles. The molecule has 1 aromatic heterocycles. The van der Waals surface area contributed by atoms with Crippen molar-refractivity contribution in [1.82, 2.24) is 5.32 Å². The van der Waals surface area contributed by atoms with E-state index in [-0.39, 0.29) is 11.5 Å². The fourth-order valence-corrected chi connectivity index (χ4v) is 3.37. The number of nitrogens with one attached hydrogen (secondary N) is 1. The van der Waals surface area contributed by atoms with E-state index >= 15 is 0 Å². The molecule has 0 fully saturated rings. The number of benzene rings is 1. The van der Waals surface area contributed by atoms with E-state index in [1.807, 2.05) is 42.5 Å². The Morgan fingerprint density at radius 1 is 1.05 bits per heavy atom. The van der Waals surface area contributed by atoms with Crippen molar-refractivity contribution in [2.75, 3.05) is 12.3 Å². The van der Waals surface area contributed by atoms with Crippen LogP contribution in [0.4, 0.5) is 0 Å². The van der Waals surface area contributed by atoms with Crippen LogP contribution in [0, 0.1) is 0 Å². The molecule has 108 valence electrons. The van der Waals surface area contributed by atoms with Gasteiger partial charge in [-0.05, 0) is 30.7 Å². The number of hydrogen-bond donors (Lipinski definition) is 1. The summed E-state index contributed by atoms with van der Waals surface area (Å²) < 4.78 is 29.1. The summed E-state index contributed by atoms with van der Waals surface area (Å²) in [6.07, 6.45) is 2.23. The lowest BCUT2D eigenvalue weighted by Gasteiger charge is -2.05. The average molecular weight is 293 g/mol. The first kappa shape index (κ1) is 14.8. The molecular formula is C15H19NO3S. The number of sulfone groups is 1. The normalized spacial score (nSPS) is 11.6. The maximum absolute atomic E-state index is 11.9. The molecule has 0 unspecified atom stereocenters. The van der Waals surface area contributed by atoms with Gasteiger partial charge in [-0.15, -0.1) is 0 Å². The summed E-state index contributed by atoms with van der Waals surface area (Å²) in [7, 11) is -3.03. The first-order valence-electron chi connectivity index (χ1n) is 6.63. The fourth-order valence-electron chi connectivity index (χ4n) is 1.94. The van der Waals surface area contributed by atoms with Crippen LogP contribution >= 0.6 is 0 Å². The molecule has 0 bridgehead atoms. The standard InChI is InChI=1S/C15H19NO3S/c17-20(18,13-14-6-2-1-3-7-14)11-5-9-16-12-15-8-4-10-19-15/h1-4,6-8,10,16H,5,9,11-13H2. The van der Waals surface area contributed by atoms with Crippen LogP contribution < -0.4 is 5.32 Å². The highest BCUT2D eigenvalue weighted by Crippen LogP contribution is 2.07.